The van der Waals surface area contributed by atoms with E-state index in [-0.39, 0.29) is 5.56 Å². The molecule has 3 rings (SSSR count). The van der Waals surface area contributed by atoms with Gasteiger partial charge in [-0.15, -0.1) is 0 Å². The number of nitrogens with zero attached hydrogens (tertiary/aromatic N) is 1. The third-order valence-electron chi connectivity index (χ3n) is 4.14. The second-order valence-corrected chi connectivity index (χ2v) is 6.06. The summed E-state index contributed by atoms with van der Waals surface area (Å²) in [6.07, 6.45) is 0. The summed E-state index contributed by atoms with van der Waals surface area (Å²) in [5.74, 6) is 0.898. The summed E-state index contributed by atoms with van der Waals surface area (Å²) in [6, 6.07) is 15.1. The molecule has 0 aliphatic rings. The number of nitrogens with one attached hydrogen (secondary N) is 1. The van der Waals surface area contributed by atoms with Gasteiger partial charge in [0, 0.05) is 23.4 Å². The number of nitro benzene ring substituents is 1. The molecule has 0 bridgehead atoms. The molecule has 0 aromatic heterocycles. The summed E-state index contributed by atoms with van der Waals surface area (Å²) in [5, 5.41) is 23.2. The molecular weight excluding hydrogens is 392 g/mol. The number of benzene rings is 3. The van der Waals surface area contributed by atoms with E-state index in [4.69, 9.17) is 14.2 Å². The highest BCUT2D eigenvalue weighted by atomic mass is 16.6. The predicted octanol–water partition coefficient (Wildman–Crippen LogP) is 4.36. The van der Waals surface area contributed by atoms with Gasteiger partial charge in [0.2, 0.25) is 0 Å². The monoisotopic (exact) mass is 410 g/mol. The lowest BCUT2D eigenvalue weighted by Crippen LogP contribution is -2.12. The highest BCUT2D eigenvalue weighted by Gasteiger charge is 2.17. The zero-order chi connectivity index (χ0) is 21.7. The largest absolute Gasteiger partial charge is 0.502 e. The van der Waals surface area contributed by atoms with Crippen LogP contribution in [0, 0.1) is 10.1 Å². The number of hydrogen-bond donors (Lipinski definition) is 2. The third kappa shape index (κ3) is 4.58. The van der Waals surface area contributed by atoms with Crippen LogP contribution in [0.3, 0.4) is 0 Å². The fraction of sp³-hybridized carbons (Fsp3) is 0.0952. The lowest BCUT2D eigenvalue weighted by Gasteiger charge is -2.13. The smallest absolute Gasteiger partial charge is 0.310 e. The minimum absolute atomic E-state index is 0.0616. The minimum atomic E-state index is -0.733. The Morgan fingerprint density at radius 3 is 2.23 bits per heavy atom. The Kier molecular flexibility index (Phi) is 6.02. The molecular formula is C21H18N2O7. The maximum absolute atomic E-state index is 12.5. The number of nitro groups is 1. The van der Waals surface area contributed by atoms with Crippen molar-refractivity contribution < 1.29 is 29.0 Å². The van der Waals surface area contributed by atoms with E-state index in [0.29, 0.717) is 28.7 Å². The van der Waals surface area contributed by atoms with Gasteiger partial charge in [-0.2, -0.15) is 0 Å². The van der Waals surface area contributed by atoms with Crippen molar-refractivity contribution in [3.8, 4) is 28.7 Å². The van der Waals surface area contributed by atoms with Crippen molar-refractivity contribution in [3.05, 3.63) is 76.3 Å². The van der Waals surface area contributed by atoms with Gasteiger partial charge in [-0.05, 0) is 48.5 Å². The first-order valence-corrected chi connectivity index (χ1v) is 8.70. The van der Waals surface area contributed by atoms with Crippen LogP contribution in [0.2, 0.25) is 0 Å². The van der Waals surface area contributed by atoms with Crippen molar-refractivity contribution >= 4 is 17.3 Å². The molecule has 0 fully saturated rings. The van der Waals surface area contributed by atoms with Gasteiger partial charge < -0.3 is 24.6 Å². The normalized spacial score (nSPS) is 10.2. The van der Waals surface area contributed by atoms with Crippen LogP contribution in [0.15, 0.2) is 60.7 Å². The molecule has 30 heavy (non-hydrogen) atoms. The van der Waals surface area contributed by atoms with Gasteiger partial charge in [-0.3, -0.25) is 14.9 Å². The van der Waals surface area contributed by atoms with E-state index in [1.807, 2.05) is 0 Å². The molecule has 0 saturated heterocycles. The second-order valence-electron chi connectivity index (χ2n) is 6.06. The van der Waals surface area contributed by atoms with Crippen LogP contribution in [0.1, 0.15) is 10.4 Å². The standard InChI is InChI=1S/C21H18N2O7/c1-28-15-5-7-16(8-6-15)30-20-12-14(4-10-19(20)29-2)22-21(25)13-3-9-17(23(26)27)18(24)11-13/h3-12,24H,1-2H3,(H,22,25). The molecule has 2 N–H and O–H groups in total. The molecule has 0 spiro atoms. The fourth-order valence-electron chi connectivity index (χ4n) is 2.63. The first kappa shape index (κ1) is 20.5. The maximum Gasteiger partial charge on any atom is 0.310 e. The summed E-state index contributed by atoms with van der Waals surface area (Å²) in [5.41, 5.74) is -0.0140. The van der Waals surface area contributed by atoms with Crippen LogP contribution >= 0.6 is 0 Å². The quantitative estimate of drug-likeness (QED) is 0.438. The van der Waals surface area contributed by atoms with Gasteiger partial charge in [0.25, 0.3) is 5.91 Å². The molecule has 3 aromatic carbocycles. The molecule has 0 unspecified atom stereocenters. The third-order valence-corrected chi connectivity index (χ3v) is 4.14. The number of rotatable bonds is 7. The van der Waals surface area contributed by atoms with Gasteiger partial charge in [0.1, 0.15) is 11.5 Å². The molecule has 0 saturated carbocycles. The van der Waals surface area contributed by atoms with E-state index in [1.54, 1.807) is 49.6 Å². The van der Waals surface area contributed by atoms with Crippen molar-refractivity contribution in [3.63, 3.8) is 0 Å². The number of anilines is 1. The van der Waals surface area contributed by atoms with Crippen molar-refractivity contribution in [1.29, 1.82) is 0 Å². The maximum atomic E-state index is 12.5. The van der Waals surface area contributed by atoms with E-state index in [1.165, 1.54) is 13.2 Å². The Morgan fingerprint density at radius 2 is 1.63 bits per heavy atom. The molecule has 0 aliphatic heterocycles. The van der Waals surface area contributed by atoms with Gasteiger partial charge in [0.05, 0.1) is 19.1 Å². The van der Waals surface area contributed by atoms with Crippen molar-refractivity contribution in [2.45, 2.75) is 0 Å². The van der Waals surface area contributed by atoms with Crippen LogP contribution in [-0.4, -0.2) is 30.2 Å². The number of amides is 1. The lowest BCUT2D eigenvalue weighted by atomic mass is 10.1. The Balaban J connectivity index is 1.80. The molecule has 0 aliphatic carbocycles. The van der Waals surface area contributed by atoms with Gasteiger partial charge in [-0.25, -0.2) is 0 Å². The molecule has 1 amide bonds. The molecule has 3 aromatic rings. The van der Waals surface area contributed by atoms with E-state index in [2.05, 4.69) is 5.32 Å². The van der Waals surface area contributed by atoms with Crippen LogP contribution < -0.4 is 19.5 Å². The SMILES string of the molecule is COc1ccc(Oc2cc(NC(=O)c3ccc([N+](=O)[O-])c(O)c3)ccc2OC)cc1. The summed E-state index contributed by atoms with van der Waals surface area (Å²) in [7, 11) is 3.06. The Bertz CT molecular complexity index is 1080. The Hall–Kier alpha value is -4.27. The molecule has 9 nitrogen and oxygen atoms in total. The average Bonchev–Trinajstić information content (AvgIpc) is 2.74. The molecule has 0 atom stereocenters. The number of hydrogen-bond acceptors (Lipinski definition) is 7. The van der Waals surface area contributed by atoms with Gasteiger partial charge in [-0.1, -0.05) is 0 Å². The zero-order valence-electron chi connectivity index (χ0n) is 16.1. The van der Waals surface area contributed by atoms with E-state index in [0.717, 1.165) is 12.1 Å². The van der Waals surface area contributed by atoms with E-state index < -0.39 is 22.3 Å². The average molecular weight is 410 g/mol. The van der Waals surface area contributed by atoms with Crippen LogP contribution in [-0.2, 0) is 0 Å². The van der Waals surface area contributed by atoms with Crippen molar-refractivity contribution in [1.82, 2.24) is 0 Å². The summed E-state index contributed by atoms with van der Waals surface area (Å²) >= 11 is 0. The lowest BCUT2D eigenvalue weighted by molar-refractivity contribution is -0.385. The zero-order valence-corrected chi connectivity index (χ0v) is 16.1. The Labute approximate surface area is 171 Å². The van der Waals surface area contributed by atoms with Gasteiger partial charge >= 0.3 is 5.69 Å². The van der Waals surface area contributed by atoms with E-state index >= 15 is 0 Å². The molecule has 0 radical (unpaired) electrons. The van der Waals surface area contributed by atoms with Crippen molar-refractivity contribution in [2.24, 2.45) is 0 Å². The van der Waals surface area contributed by atoms with Crippen LogP contribution in [0.25, 0.3) is 0 Å². The minimum Gasteiger partial charge on any atom is -0.502 e. The number of methoxy groups -OCH3 is 2. The Morgan fingerprint density at radius 1 is 0.933 bits per heavy atom. The molecule has 154 valence electrons. The summed E-state index contributed by atoms with van der Waals surface area (Å²) < 4.78 is 16.3. The van der Waals surface area contributed by atoms with Crippen molar-refractivity contribution in [2.75, 3.05) is 19.5 Å². The first-order chi connectivity index (χ1) is 14.4. The fourth-order valence-corrected chi connectivity index (χ4v) is 2.63. The number of ether oxygens (including phenoxy) is 3. The van der Waals surface area contributed by atoms with E-state index in [9.17, 15) is 20.0 Å². The molecule has 0 heterocycles. The highest BCUT2D eigenvalue weighted by molar-refractivity contribution is 6.04. The number of carbonyl (C=O) groups is 1. The summed E-state index contributed by atoms with van der Waals surface area (Å²) in [4.78, 5) is 22.5. The second kappa shape index (κ2) is 8.82. The summed E-state index contributed by atoms with van der Waals surface area (Å²) in [6.45, 7) is 0. The number of phenolic OH excluding ortho intramolecular Hbond substituents is 1. The number of aromatic hydroxyl groups is 1. The predicted molar refractivity (Wildman–Crippen MR) is 109 cm³/mol. The van der Waals surface area contributed by atoms with Gasteiger partial charge in [0.15, 0.2) is 17.2 Å². The number of carbonyl (C=O) groups excluding carboxylic acids is 1. The van der Waals surface area contributed by atoms with Crippen LogP contribution in [0.4, 0.5) is 11.4 Å². The first-order valence-electron chi connectivity index (χ1n) is 8.70. The highest BCUT2D eigenvalue weighted by Crippen LogP contribution is 2.35. The topological polar surface area (TPSA) is 120 Å². The molecule has 9 heteroatoms. The number of phenols is 1. The van der Waals surface area contributed by atoms with Crippen LogP contribution in [0.5, 0.6) is 28.7 Å².